The Kier molecular flexibility index (Phi) is 13.3. The van der Waals surface area contributed by atoms with E-state index in [0.717, 1.165) is 19.3 Å². The summed E-state index contributed by atoms with van der Waals surface area (Å²) in [5.74, 6) is -0.385. The van der Waals surface area contributed by atoms with E-state index in [4.69, 9.17) is 14.2 Å². The van der Waals surface area contributed by atoms with E-state index in [0.29, 0.717) is 12.7 Å². The van der Waals surface area contributed by atoms with Crippen molar-refractivity contribution in [3.63, 3.8) is 0 Å². The number of esters is 1. The molecule has 1 aliphatic rings. The van der Waals surface area contributed by atoms with Crippen molar-refractivity contribution in [3.05, 3.63) is 0 Å². The normalized spacial score (nSPS) is 23.3. The Morgan fingerprint density at radius 3 is 2.37 bits per heavy atom. The SMILES string of the molecule is CCCCCCCCCCCC(=O)O[C@H]1[C@@H]([C@@H](CO)OCC=O)OC[C@@H]1O. The first-order chi connectivity index (χ1) is 13.1. The minimum absolute atomic E-state index is 0.00158. The lowest BCUT2D eigenvalue weighted by molar-refractivity contribution is -0.163. The first-order valence-corrected chi connectivity index (χ1v) is 10.3. The van der Waals surface area contributed by atoms with Gasteiger partial charge < -0.3 is 29.2 Å². The first-order valence-electron chi connectivity index (χ1n) is 10.3. The van der Waals surface area contributed by atoms with E-state index in [2.05, 4.69) is 6.92 Å². The Balaban J connectivity index is 2.23. The lowest BCUT2D eigenvalue weighted by Crippen LogP contribution is -2.44. The highest BCUT2D eigenvalue weighted by Gasteiger charge is 2.44. The van der Waals surface area contributed by atoms with Gasteiger partial charge in [-0.15, -0.1) is 0 Å². The molecular weight excluding hydrogens is 352 g/mol. The average Bonchev–Trinajstić information content (AvgIpc) is 3.01. The zero-order valence-corrected chi connectivity index (χ0v) is 16.5. The maximum atomic E-state index is 12.1. The molecular formula is C20H36O7. The molecule has 0 amide bonds. The van der Waals surface area contributed by atoms with Gasteiger partial charge in [0.15, 0.2) is 6.10 Å². The van der Waals surface area contributed by atoms with E-state index in [1.807, 2.05) is 0 Å². The van der Waals surface area contributed by atoms with Gasteiger partial charge in [0.25, 0.3) is 0 Å². The predicted octanol–water partition coefficient (Wildman–Crippen LogP) is 2.16. The molecule has 1 heterocycles. The van der Waals surface area contributed by atoms with Crippen molar-refractivity contribution in [1.82, 2.24) is 0 Å². The molecule has 1 saturated heterocycles. The summed E-state index contributed by atoms with van der Waals surface area (Å²) < 4.78 is 16.0. The molecule has 4 atom stereocenters. The van der Waals surface area contributed by atoms with Gasteiger partial charge >= 0.3 is 5.97 Å². The van der Waals surface area contributed by atoms with Crippen LogP contribution in [0.4, 0.5) is 0 Å². The van der Waals surface area contributed by atoms with Gasteiger partial charge in [-0.05, 0) is 6.42 Å². The van der Waals surface area contributed by atoms with E-state index in [1.165, 1.54) is 38.5 Å². The van der Waals surface area contributed by atoms with Crippen LogP contribution in [0.15, 0.2) is 0 Å². The lowest BCUT2D eigenvalue weighted by Gasteiger charge is -2.26. The number of hydrogen-bond acceptors (Lipinski definition) is 7. The molecule has 0 aromatic carbocycles. The molecule has 27 heavy (non-hydrogen) atoms. The number of rotatable bonds is 16. The lowest BCUT2D eigenvalue weighted by atomic mass is 10.1. The molecule has 1 aliphatic heterocycles. The standard InChI is InChI=1S/C20H36O7/c1-2-3-4-5-6-7-8-9-10-11-18(24)27-19-16(23)15-26-20(19)17(14-22)25-13-12-21/h12,16-17,19-20,22-23H,2-11,13-15H2,1H3/t16-,17+,19+,20+/m0/s1. The average molecular weight is 389 g/mol. The third-order valence-electron chi connectivity index (χ3n) is 4.84. The summed E-state index contributed by atoms with van der Waals surface area (Å²) in [4.78, 5) is 22.5. The quantitative estimate of drug-likeness (QED) is 0.237. The van der Waals surface area contributed by atoms with Crippen molar-refractivity contribution in [2.24, 2.45) is 0 Å². The fourth-order valence-corrected chi connectivity index (χ4v) is 3.29. The number of aliphatic hydroxyl groups excluding tert-OH is 2. The summed E-state index contributed by atoms with van der Waals surface area (Å²) in [6.07, 6.45) is 7.87. The Morgan fingerprint density at radius 2 is 1.78 bits per heavy atom. The van der Waals surface area contributed by atoms with Gasteiger partial charge in [0.05, 0.1) is 13.2 Å². The number of ether oxygens (including phenoxy) is 3. The second kappa shape index (κ2) is 15.0. The number of aldehydes is 1. The first kappa shape index (κ1) is 24.0. The number of unbranched alkanes of at least 4 members (excludes halogenated alkanes) is 8. The molecule has 7 heteroatoms. The fourth-order valence-electron chi connectivity index (χ4n) is 3.29. The molecule has 7 nitrogen and oxygen atoms in total. The molecule has 0 aromatic heterocycles. The molecule has 0 spiro atoms. The van der Waals surface area contributed by atoms with Crippen molar-refractivity contribution >= 4 is 12.3 Å². The van der Waals surface area contributed by atoms with Crippen LogP contribution in [0.2, 0.25) is 0 Å². The number of hydrogen-bond donors (Lipinski definition) is 2. The van der Waals surface area contributed by atoms with Gasteiger partial charge in [0.2, 0.25) is 0 Å². The summed E-state index contributed by atoms with van der Waals surface area (Å²) in [5, 5.41) is 19.4. The van der Waals surface area contributed by atoms with Crippen LogP contribution in [-0.2, 0) is 23.8 Å². The van der Waals surface area contributed by atoms with E-state index in [9.17, 15) is 19.8 Å². The van der Waals surface area contributed by atoms with Gasteiger partial charge in [-0.2, -0.15) is 0 Å². The van der Waals surface area contributed by atoms with Crippen molar-refractivity contribution in [2.75, 3.05) is 19.8 Å². The largest absolute Gasteiger partial charge is 0.457 e. The zero-order chi connectivity index (χ0) is 19.9. The molecule has 2 N–H and O–H groups in total. The van der Waals surface area contributed by atoms with E-state index < -0.39 is 31.0 Å². The van der Waals surface area contributed by atoms with Crippen molar-refractivity contribution < 1.29 is 34.0 Å². The summed E-state index contributed by atoms with van der Waals surface area (Å²) in [6.45, 7) is 1.62. The molecule has 0 bridgehead atoms. The Bertz CT molecular complexity index is 402. The third-order valence-corrected chi connectivity index (χ3v) is 4.84. The predicted molar refractivity (Wildman–Crippen MR) is 100 cm³/mol. The highest BCUT2D eigenvalue weighted by molar-refractivity contribution is 5.69. The van der Waals surface area contributed by atoms with Crippen LogP contribution in [-0.4, -0.2) is 66.7 Å². The second-order valence-corrected chi connectivity index (χ2v) is 7.12. The maximum absolute atomic E-state index is 12.1. The molecule has 0 unspecified atom stereocenters. The minimum atomic E-state index is -0.962. The zero-order valence-electron chi connectivity index (χ0n) is 16.5. The second-order valence-electron chi connectivity index (χ2n) is 7.12. The van der Waals surface area contributed by atoms with Crippen LogP contribution in [0.1, 0.15) is 71.1 Å². The van der Waals surface area contributed by atoms with Gasteiger partial charge in [-0.25, -0.2) is 0 Å². The summed E-state index contributed by atoms with van der Waals surface area (Å²) >= 11 is 0. The smallest absolute Gasteiger partial charge is 0.306 e. The summed E-state index contributed by atoms with van der Waals surface area (Å²) in [7, 11) is 0. The van der Waals surface area contributed by atoms with Crippen LogP contribution < -0.4 is 0 Å². The molecule has 0 aliphatic carbocycles. The topological polar surface area (TPSA) is 102 Å². The van der Waals surface area contributed by atoms with Gasteiger partial charge in [0, 0.05) is 6.42 Å². The van der Waals surface area contributed by atoms with Crippen molar-refractivity contribution in [2.45, 2.75) is 95.5 Å². The van der Waals surface area contributed by atoms with Gasteiger partial charge in [-0.3, -0.25) is 4.79 Å². The van der Waals surface area contributed by atoms with Crippen LogP contribution in [0.3, 0.4) is 0 Å². The number of carbonyl (C=O) groups excluding carboxylic acids is 2. The number of carbonyl (C=O) groups is 2. The van der Waals surface area contributed by atoms with Crippen molar-refractivity contribution in [1.29, 1.82) is 0 Å². The van der Waals surface area contributed by atoms with E-state index in [1.54, 1.807) is 0 Å². The fraction of sp³-hybridized carbons (Fsp3) is 0.900. The van der Waals surface area contributed by atoms with E-state index >= 15 is 0 Å². The number of aliphatic hydroxyl groups is 2. The van der Waals surface area contributed by atoms with Gasteiger partial charge in [-0.1, -0.05) is 58.3 Å². The minimum Gasteiger partial charge on any atom is -0.457 e. The Hall–Kier alpha value is -1.02. The van der Waals surface area contributed by atoms with Crippen LogP contribution in [0, 0.1) is 0 Å². The van der Waals surface area contributed by atoms with Crippen LogP contribution in [0.25, 0.3) is 0 Å². The highest BCUT2D eigenvalue weighted by atomic mass is 16.6. The molecule has 0 radical (unpaired) electrons. The molecule has 1 rings (SSSR count). The molecule has 158 valence electrons. The van der Waals surface area contributed by atoms with Crippen molar-refractivity contribution in [3.8, 4) is 0 Å². The molecule has 0 saturated carbocycles. The Labute approximate surface area is 162 Å². The third kappa shape index (κ3) is 9.65. The van der Waals surface area contributed by atoms with E-state index in [-0.39, 0.29) is 19.2 Å². The van der Waals surface area contributed by atoms with Gasteiger partial charge in [0.1, 0.15) is 31.2 Å². The highest BCUT2D eigenvalue weighted by Crippen LogP contribution is 2.23. The Morgan fingerprint density at radius 1 is 1.15 bits per heavy atom. The summed E-state index contributed by atoms with van der Waals surface area (Å²) in [6, 6.07) is 0. The molecule has 1 fully saturated rings. The maximum Gasteiger partial charge on any atom is 0.306 e. The van der Waals surface area contributed by atoms with Crippen LogP contribution in [0.5, 0.6) is 0 Å². The summed E-state index contributed by atoms with van der Waals surface area (Å²) in [5.41, 5.74) is 0. The monoisotopic (exact) mass is 388 g/mol. The molecule has 0 aromatic rings. The van der Waals surface area contributed by atoms with Crippen LogP contribution >= 0.6 is 0 Å².